The molecule has 0 fully saturated rings. The Bertz CT molecular complexity index is 1270. The van der Waals surface area contributed by atoms with E-state index in [2.05, 4.69) is 10.0 Å². The first-order chi connectivity index (χ1) is 15.6. The molecule has 2 N–H and O–H groups in total. The Hall–Kier alpha value is -3.18. The molecule has 3 aromatic carbocycles. The Morgan fingerprint density at radius 2 is 1.67 bits per heavy atom. The minimum absolute atomic E-state index is 0.110. The molecule has 0 aliphatic heterocycles. The molecule has 0 aliphatic carbocycles. The van der Waals surface area contributed by atoms with Crippen molar-refractivity contribution in [3.8, 4) is 5.75 Å². The fourth-order valence-electron chi connectivity index (χ4n) is 2.89. The van der Waals surface area contributed by atoms with Crippen LogP contribution in [-0.2, 0) is 10.0 Å². The van der Waals surface area contributed by atoms with Crippen LogP contribution < -0.4 is 14.8 Å². The molecular weight excluding hydrogens is 477 g/mol. The van der Waals surface area contributed by atoms with Crippen LogP contribution in [-0.4, -0.2) is 27.2 Å². The van der Waals surface area contributed by atoms with Crippen LogP contribution in [0.1, 0.15) is 15.9 Å². The van der Waals surface area contributed by atoms with Crippen molar-refractivity contribution >= 4 is 39.1 Å². The molecule has 0 saturated carbocycles. The van der Waals surface area contributed by atoms with Gasteiger partial charge in [0.25, 0.3) is 21.7 Å². The number of rotatable bonds is 8. The highest BCUT2D eigenvalue weighted by Gasteiger charge is 2.19. The number of ether oxygens (including phenoxy) is 1. The number of sulfonamides is 1. The summed E-state index contributed by atoms with van der Waals surface area (Å²) < 4.78 is 72.1. The Labute approximate surface area is 193 Å². The van der Waals surface area contributed by atoms with Crippen molar-refractivity contribution in [2.75, 3.05) is 17.1 Å². The molecule has 0 unspecified atom stereocenters. The second-order valence-electron chi connectivity index (χ2n) is 6.79. The van der Waals surface area contributed by atoms with Gasteiger partial charge in [-0.15, -0.1) is 0 Å². The third kappa shape index (κ3) is 6.20. The number of carbonyl (C=O) groups excluding carboxylic acids is 1. The maximum Gasteiger partial charge on any atom is 0.288 e. The minimum Gasteiger partial charge on any atom is -0.497 e. The van der Waals surface area contributed by atoms with Crippen LogP contribution in [0.15, 0.2) is 70.5 Å². The normalized spacial score (nSPS) is 11.3. The number of hydrogen-bond acceptors (Lipinski definition) is 5. The quantitative estimate of drug-likeness (QED) is 0.402. The molecule has 1 amide bonds. The first-order valence-electron chi connectivity index (χ1n) is 9.42. The average molecular weight is 497 g/mol. The van der Waals surface area contributed by atoms with Crippen molar-refractivity contribution in [3.63, 3.8) is 0 Å². The van der Waals surface area contributed by atoms with Gasteiger partial charge in [0.05, 0.1) is 17.6 Å². The van der Waals surface area contributed by atoms with Crippen molar-refractivity contribution in [1.29, 1.82) is 0 Å². The van der Waals surface area contributed by atoms with Gasteiger partial charge >= 0.3 is 0 Å². The third-order valence-corrected chi connectivity index (χ3v) is 6.73. The first kappa shape index (κ1) is 24.5. The molecule has 0 atom stereocenters. The van der Waals surface area contributed by atoms with Crippen LogP contribution in [0, 0.1) is 12.7 Å². The highest BCUT2D eigenvalue weighted by atomic mass is 32.2. The molecule has 0 aromatic heterocycles. The maximum atomic E-state index is 14.2. The summed E-state index contributed by atoms with van der Waals surface area (Å²) >= 11 is 0.348. The highest BCUT2D eigenvalue weighted by molar-refractivity contribution is 7.99. The van der Waals surface area contributed by atoms with Crippen LogP contribution >= 0.6 is 11.8 Å². The molecular formula is C22H19F3N2O4S2. The van der Waals surface area contributed by atoms with E-state index in [1.54, 1.807) is 6.92 Å². The lowest BCUT2D eigenvalue weighted by atomic mass is 10.1. The molecule has 0 bridgehead atoms. The number of halogens is 3. The van der Waals surface area contributed by atoms with E-state index >= 15 is 0 Å². The number of amides is 1. The zero-order valence-electron chi connectivity index (χ0n) is 17.4. The number of hydrogen-bond donors (Lipinski definition) is 2. The summed E-state index contributed by atoms with van der Waals surface area (Å²) in [5.41, 5.74) is 0.495. The average Bonchev–Trinajstić information content (AvgIpc) is 2.75. The van der Waals surface area contributed by atoms with Crippen LogP contribution in [0.2, 0.25) is 0 Å². The molecule has 3 rings (SSSR count). The lowest BCUT2D eigenvalue weighted by Gasteiger charge is -2.13. The first-order valence-corrected chi connectivity index (χ1v) is 11.8. The standard InChI is InChI=1S/C22H19F3N2O4S2/c1-13-3-4-15(26-21(28)18-10-7-16(31-2)12-19(18)23)11-20(13)33(29,30)27-14-5-8-17(9-6-14)32-22(24)25/h3-12,22,27H,1-2H3,(H,26,28). The van der Waals surface area contributed by atoms with Gasteiger partial charge in [-0.1, -0.05) is 17.8 Å². The highest BCUT2D eigenvalue weighted by Crippen LogP contribution is 2.28. The largest absolute Gasteiger partial charge is 0.497 e. The van der Waals surface area contributed by atoms with E-state index < -0.39 is 27.5 Å². The Morgan fingerprint density at radius 3 is 2.27 bits per heavy atom. The third-order valence-electron chi connectivity index (χ3n) is 4.49. The number of anilines is 2. The van der Waals surface area contributed by atoms with Crippen molar-refractivity contribution in [1.82, 2.24) is 0 Å². The van der Waals surface area contributed by atoms with E-state index in [-0.39, 0.29) is 27.6 Å². The van der Waals surface area contributed by atoms with E-state index in [1.165, 1.54) is 61.7 Å². The van der Waals surface area contributed by atoms with Crippen molar-refractivity contribution in [3.05, 3.63) is 77.6 Å². The summed E-state index contributed by atoms with van der Waals surface area (Å²) in [6.45, 7) is 1.58. The number of carbonyl (C=O) groups is 1. The van der Waals surface area contributed by atoms with E-state index in [4.69, 9.17) is 4.74 Å². The number of alkyl halides is 2. The molecule has 0 spiro atoms. The lowest BCUT2D eigenvalue weighted by Crippen LogP contribution is -2.17. The number of nitrogens with one attached hydrogen (secondary N) is 2. The summed E-state index contributed by atoms with van der Waals surface area (Å²) in [4.78, 5) is 12.6. The van der Waals surface area contributed by atoms with Crippen LogP contribution in [0.3, 0.4) is 0 Å². The molecule has 0 radical (unpaired) electrons. The van der Waals surface area contributed by atoms with E-state index in [1.807, 2.05) is 0 Å². The molecule has 0 aliphatic rings. The van der Waals surface area contributed by atoms with Crippen molar-refractivity contribution in [2.45, 2.75) is 22.5 Å². The molecule has 3 aromatic rings. The zero-order chi connectivity index (χ0) is 24.2. The number of benzene rings is 3. The SMILES string of the molecule is COc1ccc(C(=O)Nc2ccc(C)c(S(=O)(=O)Nc3ccc(SC(F)F)cc3)c2)c(F)c1. The van der Waals surface area contributed by atoms with Gasteiger partial charge in [-0.25, -0.2) is 12.8 Å². The van der Waals surface area contributed by atoms with Gasteiger partial charge in [0.15, 0.2) is 0 Å². The molecule has 6 nitrogen and oxygen atoms in total. The number of aryl methyl sites for hydroxylation is 1. The van der Waals surface area contributed by atoms with Crippen LogP contribution in [0.4, 0.5) is 24.5 Å². The van der Waals surface area contributed by atoms with Crippen LogP contribution in [0.25, 0.3) is 0 Å². The summed E-state index contributed by atoms with van der Waals surface area (Å²) in [5.74, 6) is -3.89. The van der Waals surface area contributed by atoms with Gasteiger partial charge in [-0.2, -0.15) is 8.78 Å². The maximum absolute atomic E-state index is 14.2. The molecule has 11 heteroatoms. The predicted octanol–water partition coefficient (Wildman–Crippen LogP) is 5.51. The van der Waals surface area contributed by atoms with Gasteiger partial charge < -0.3 is 10.1 Å². The lowest BCUT2D eigenvalue weighted by molar-refractivity contribution is 0.102. The monoisotopic (exact) mass is 496 g/mol. The molecule has 33 heavy (non-hydrogen) atoms. The Morgan fingerprint density at radius 1 is 1.00 bits per heavy atom. The predicted molar refractivity (Wildman–Crippen MR) is 121 cm³/mol. The van der Waals surface area contributed by atoms with E-state index in [0.29, 0.717) is 22.2 Å². The fraction of sp³-hybridized carbons (Fsp3) is 0.136. The smallest absolute Gasteiger partial charge is 0.288 e. The topological polar surface area (TPSA) is 84.5 Å². The second-order valence-corrected chi connectivity index (χ2v) is 9.50. The summed E-state index contributed by atoms with van der Waals surface area (Å²) in [7, 11) is -2.70. The molecule has 0 heterocycles. The number of methoxy groups -OCH3 is 1. The Balaban J connectivity index is 1.80. The summed E-state index contributed by atoms with van der Waals surface area (Å²) in [6, 6.07) is 13.5. The van der Waals surface area contributed by atoms with Gasteiger partial charge in [-0.3, -0.25) is 9.52 Å². The fourth-order valence-corrected chi connectivity index (χ4v) is 4.72. The number of thioether (sulfide) groups is 1. The van der Waals surface area contributed by atoms with Gasteiger partial charge in [0, 0.05) is 22.3 Å². The second kappa shape index (κ2) is 10.2. The summed E-state index contributed by atoms with van der Waals surface area (Å²) in [5, 5.41) is 2.48. The molecule has 0 saturated heterocycles. The summed E-state index contributed by atoms with van der Waals surface area (Å²) in [6.07, 6.45) is 0. The van der Waals surface area contributed by atoms with Crippen molar-refractivity contribution < 1.29 is 31.1 Å². The van der Waals surface area contributed by atoms with Gasteiger partial charge in [0.2, 0.25) is 0 Å². The van der Waals surface area contributed by atoms with Gasteiger partial charge in [-0.05, 0) is 61.0 Å². The van der Waals surface area contributed by atoms with Gasteiger partial charge in [0.1, 0.15) is 11.6 Å². The molecule has 174 valence electrons. The minimum atomic E-state index is -4.07. The van der Waals surface area contributed by atoms with E-state index in [9.17, 15) is 26.4 Å². The zero-order valence-corrected chi connectivity index (χ0v) is 19.1. The Kier molecular flexibility index (Phi) is 7.54. The van der Waals surface area contributed by atoms with E-state index in [0.717, 1.165) is 6.07 Å². The van der Waals surface area contributed by atoms with Crippen LogP contribution in [0.5, 0.6) is 5.75 Å². The van der Waals surface area contributed by atoms with Crippen molar-refractivity contribution in [2.24, 2.45) is 0 Å².